The minimum atomic E-state index is -0.0828. The molecular weight excluding hydrogens is 278 g/mol. The Morgan fingerprint density at radius 1 is 1.27 bits per heavy atom. The van der Waals surface area contributed by atoms with Gasteiger partial charge in [-0.1, -0.05) is 51.9 Å². The van der Waals surface area contributed by atoms with Crippen LogP contribution in [0.4, 0.5) is 0 Å². The second-order valence-electron chi connectivity index (χ2n) is 7.51. The van der Waals surface area contributed by atoms with Crippen molar-refractivity contribution >= 4 is 11.5 Å². The highest BCUT2D eigenvalue weighted by Gasteiger charge is 2.42. The van der Waals surface area contributed by atoms with Crippen LogP contribution in [0.25, 0.3) is 5.76 Å². The highest BCUT2D eigenvalue weighted by atomic mass is 16.5. The summed E-state index contributed by atoms with van der Waals surface area (Å²) in [6.07, 6.45) is 0. The van der Waals surface area contributed by atoms with E-state index in [4.69, 9.17) is 9.94 Å². The van der Waals surface area contributed by atoms with Crippen molar-refractivity contribution in [2.75, 3.05) is 6.61 Å². The predicted molar refractivity (Wildman–Crippen MR) is 88.2 cm³/mol. The number of nitrogens with zero attached hydrogens (tertiary/aromatic N) is 1. The van der Waals surface area contributed by atoms with E-state index in [1.807, 2.05) is 6.07 Å². The smallest absolute Gasteiger partial charge is 0.127 e. The van der Waals surface area contributed by atoms with Crippen LogP contribution < -0.4 is 0 Å². The molecule has 4 nitrogen and oxygen atoms in total. The largest absolute Gasteiger partial charge is 0.507 e. The summed E-state index contributed by atoms with van der Waals surface area (Å²) in [6.45, 7) is 13.1. The highest BCUT2D eigenvalue weighted by molar-refractivity contribution is 6.04. The van der Waals surface area contributed by atoms with Gasteiger partial charge in [-0.2, -0.15) is 0 Å². The van der Waals surface area contributed by atoms with E-state index in [1.54, 1.807) is 19.1 Å². The number of phenolic OH excluding ortho intramolecular Hbond substituents is 1. The lowest BCUT2D eigenvalue weighted by Crippen LogP contribution is -2.24. The first-order chi connectivity index (χ1) is 10.1. The van der Waals surface area contributed by atoms with Crippen molar-refractivity contribution in [2.45, 2.75) is 41.5 Å². The molecule has 0 bridgehead atoms. The van der Waals surface area contributed by atoms with Gasteiger partial charge in [-0.05, 0) is 24.0 Å². The lowest BCUT2D eigenvalue weighted by molar-refractivity contribution is 0.213. The van der Waals surface area contributed by atoms with Crippen LogP contribution in [-0.2, 0) is 4.74 Å². The van der Waals surface area contributed by atoms with Crippen LogP contribution in [0.1, 0.15) is 52.7 Å². The maximum Gasteiger partial charge on any atom is 0.127 e. The number of rotatable bonds is 2. The maximum absolute atomic E-state index is 10.2. The van der Waals surface area contributed by atoms with E-state index in [2.05, 4.69) is 39.8 Å². The van der Waals surface area contributed by atoms with Gasteiger partial charge in [-0.15, -0.1) is 0 Å². The quantitative estimate of drug-likeness (QED) is 0.483. The van der Waals surface area contributed by atoms with Crippen LogP contribution in [0.15, 0.2) is 28.9 Å². The van der Waals surface area contributed by atoms with E-state index in [-0.39, 0.29) is 16.6 Å². The van der Waals surface area contributed by atoms with Crippen LogP contribution in [0.2, 0.25) is 0 Å². The fourth-order valence-corrected chi connectivity index (χ4v) is 3.43. The van der Waals surface area contributed by atoms with Crippen LogP contribution >= 0.6 is 0 Å². The molecule has 2 N–H and O–H groups in total. The number of hydrogen-bond donors (Lipinski definition) is 2. The minimum Gasteiger partial charge on any atom is -0.507 e. The second kappa shape index (κ2) is 5.34. The van der Waals surface area contributed by atoms with Crippen LogP contribution in [-0.4, -0.2) is 22.6 Å². The molecule has 1 aliphatic rings. The summed E-state index contributed by atoms with van der Waals surface area (Å²) in [7, 11) is 0. The monoisotopic (exact) mass is 303 g/mol. The van der Waals surface area contributed by atoms with Crippen LogP contribution in [0.3, 0.4) is 0 Å². The van der Waals surface area contributed by atoms with E-state index in [0.717, 1.165) is 11.3 Å². The Balaban J connectivity index is 2.78. The Kier molecular flexibility index (Phi) is 3.98. The molecule has 1 aromatic carbocycles. The molecule has 0 saturated heterocycles. The van der Waals surface area contributed by atoms with Crippen molar-refractivity contribution < 1.29 is 15.1 Å². The van der Waals surface area contributed by atoms with Crippen molar-refractivity contribution in [3.05, 3.63) is 34.9 Å². The first-order valence-electron chi connectivity index (χ1n) is 7.49. The average Bonchev–Trinajstić information content (AvgIpc) is 2.73. The number of aromatic hydroxyl groups is 1. The topological polar surface area (TPSA) is 62.1 Å². The van der Waals surface area contributed by atoms with Gasteiger partial charge in [0, 0.05) is 11.0 Å². The SMILES string of the molecule is C/C(=N\O)c1c(O)cccc1C1=C(C(C)(C)C)C(C)(C)CO1. The molecule has 1 aromatic rings. The van der Waals surface area contributed by atoms with Gasteiger partial charge in [0.05, 0.1) is 17.9 Å². The van der Waals surface area contributed by atoms with E-state index in [1.165, 1.54) is 5.57 Å². The summed E-state index contributed by atoms with van der Waals surface area (Å²) < 4.78 is 6.02. The number of hydrogen-bond acceptors (Lipinski definition) is 4. The van der Waals surface area contributed by atoms with E-state index in [0.29, 0.717) is 17.9 Å². The molecule has 0 aliphatic carbocycles. The summed E-state index contributed by atoms with van der Waals surface area (Å²) in [5, 5.41) is 22.6. The molecule has 22 heavy (non-hydrogen) atoms. The summed E-state index contributed by atoms with van der Waals surface area (Å²) in [5.74, 6) is 0.869. The zero-order valence-corrected chi connectivity index (χ0v) is 14.2. The van der Waals surface area contributed by atoms with Gasteiger partial charge in [-0.25, -0.2) is 0 Å². The van der Waals surface area contributed by atoms with Gasteiger partial charge in [-0.3, -0.25) is 0 Å². The second-order valence-corrected chi connectivity index (χ2v) is 7.51. The first-order valence-corrected chi connectivity index (χ1v) is 7.49. The lowest BCUT2D eigenvalue weighted by atomic mass is 9.71. The molecule has 4 heteroatoms. The number of oxime groups is 1. The van der Waals surface area contributed by atoms with E-state index in [9.17, 15) is 5.11 Å². The Morgan fingerprint density at radius 2 is 1.91 bits per heavy atom. The Bertz CT molecular complexity index is 649. The third-order valence-corrected chi connectivity index (χ3v) is 4.03. The summed E-state index contributed by atoms with van der Waals surface area (Å²) in [6, 6.07) is 5.26. The molecule has 1 aliphatic heterocycles. The van der Waals surface area contributed by atoms with Gasteiger partial charge >= 0.3 is 0 Å². The number of ether oxygens (including phenoxy) is 1. The third-order valence-electron chi connectivity index (χ3n) is 4.03. The minimum absolute atomic E-state index is 0.0671. The fourth-order valence-electron chi connectivity index (χ4n) is 3.43. The summed E-state index contributed by atoms with van der Waals surface area (Å²) in [5.41, 5.74) is 2.70. The molecule has 2 rings (SSSR count). The molecule has 0 atom stereocenters. The van der Waals surface area contributed by atoms with E-state index >= 15 is 0 Å². The van der Waals surface area contributed by atoms with Crippen molar-refractivity contribution in [3.63, 3.8) is 0 Å². The van der Waals surface area contributed by atoms with Crippen LogP contribution in [0, 0.1) is 10.8 Å². The molecule has 0 amide bonds. The Labute approximate surface area is 132 Å². The van der Waals surface area contributed by atoms with Gasteiger partial charge in [0.25, 0.3) is 0 Å². The van der Waals surface area contributed by atoms with Crippen LogP contribution in [0.5, 0.6) is 5.75 Å². The molecule has 1 heterocycles. The highest BCUT2D eigenvalue weighted by Crippen LogP contribution is 2.50. The summed E-state index contributed by atoms with van der Waals surface area (Å²) >= 11 is 0. The molecule has 0 saturated carbocycles. The number of benzene rings is 1. The molecule has 0 fully saturated rings. The van der Waals surface area contributed by atoms with Crippen molar-refractivity contribution in [1.82, 2.24) is 0 Å². The van der Waals surface area contributed by atoms with Crippen molar-refractivity contribution in [2.24, 2.45) is 16.0 Å². The maximum atomic E-state index is 10.2. The Morgan fingerprint density at radius 3 is 2.45 bits per heavy atom. The molecule has 0 spiro atoms. The number of phenols is 1. The molecule has 0 aromatic heterocycles. The van der Waals surface area contributed by atoms with E-state index < -0.39 is 0 Å². The van der Waals surface area contributed by atoms with Gasteiger partial charge in [0.2, 0.25) is 0 Å². The standard InChI is InChI=1S/C18H25NO3/c1-11(19-21)14-12(8-7-9-13(14)20)15-16(17(2,3)4)18(5,6)10-22-15/h7-9,20-21H,10H2,1-6H3/b19-11+. The third kappa shape index (κ3) is 2.70. The Hall–Kier alpha value is -1.97. The average molecular weight is 303 g/mol. The summed E-state index contributed by atoms with van der Waals surface area (Å²) in [4.78, 5) is 0. The lowest BCUT2D eigenvalue weighted by Gasteiger charge is -2.31. The molecule has 0 unspecified atom stereocenters. The van der Waals surface area contributed by atoms with Gasteiger partial charge in [0.1, 0.15) is 11.5 Å². The van der Waals surface area contributed by atoms with Crippen molar-refractivity contribution in [3.8, 4) is 5.75 Å². The molecule has 0 radical (unpaired) electrons. The van der Waals surface area contributed by atoms with Crippen molar-refractivity contribution in [1.29, 1.82) is 0 Å². The molecule has 120 valence electrons. The fraction of sp³-hybridized carbons (Fsp3) is 0.500. The zero-order valence-electron chi connectivity index (χ0n) is 14.2. The first kappa shape index (κ1) is 16.4. The van der Waals surface area contributed by atoms with Gasteiger partial charge < -0.3 is 15.1 Å². The van der Waals surface area contributed by atoms with Gasteiger partial charge in [0.15, 0.2) is 0 Å². The predicted octanol–water partition coefficient (Wildman–Crippen LogP) is 4.40. The zero-order chi connectivity index (χ0) is 16.7. The normalized spacial score (nSPS) is 18.5. The molecular formula is C18H25NO3.